The summed E-state index contributed by atoms with van der Waals surface area (Å²) >= 11 is 12.6. The predicted molar refractivity (Wildman–Crippen MR) is 82.9 cm³/mol. The van der Waals surface area contributed by atoms with Crippen molar-refractivity contribution in [2.75, 3.05) is 0 Å². The number of rotatable bonds is 4. The zero-order chi connectivity index (χ0) is 14.9. The number of benzene rings is 1. The van der Waals surface area contributed by atoms with Gasteiger partial charge in [-0.2, -0.15) is 5.10 Å². The van der Waals surface area contributed by atoms with E-state index in [1.165, 1.54) is 0 Å². The molecule has 0 aliphatic carbocycles. The van der Waals surface area contributed by atoms with Crippen molar-refractivity contribution in [3.63, 3.8) is 0 Å². The van der Waals surface area contributed by atoms with E-state index < -0.39 is 0 Å². The Balaban J connectivity index is 2.33. The minimum absolute atomic E-state index is 0.115. The van der Waals surface area contributed by atoms with E-state index in [1.807, 2.05) is 39.1 Å². The molecule has 0 fully saturated rings. The monoisotopic (exact) mass is 312 g/mol. The minimum atomic E-state index is -0.115. The van der Waals surface area contributed by atoms with Crippen molar-refractivity contribution in [2.24, 2.45) is 12.9 Å². The predicted octanol–water partition coefficient (Wildman–Crippen LogP) is 3.09. The summed E-state index contributed by atoms with van der Waals surface area (Å²) in [6, 6.07) is 5.81. The van der Waals surface area contributed by atoms with Crippen molar-refractivity contribution < 1.29 is 0 Å². The lowest BCUT2D eigenvalue weighted by molar-refractivity contribution is 0.530. The molecule has 1 atom stereocenters. The Hall–Kier alpha value is -1.07. The van der Waals surface area contributed by atoms with E-state index >= 15 is 0 Å². The van der Waals surface area contributed by atoms with Crippen LogP contribution in [0.25, 0.3) is 0 Å². The molecule has 0 spiro atoms. The summed E-state index contributed by atoms with van der Waals surface area (Å²) < 4.78 is 1.78. The SMILES string of the molecule is Cc1ccc(C(Cc2c(Cl)c(C)nn2C)NN)c(Cl)c1. The van der Waals surface area contributed by atoms with Gasteiger partial charge in [0, 0.05) is 18.5 Å². The molecule has 1 aromatic heterocycles. The summed E-state index contributed by atoms with van der Waals surface area (Å²) in [5.41, 5.74) is 6.62. The van der Waals surface area contributed by atoms with Gasteiger partial charge in [0.2, 0.25) is 0 Å². The summed E-state index contributed by atoms with van der Waals surface area (Å²) in [5, 5.41) is 5.69. The second-order valence-electron chi connectivity index (χ2n) is 4.92. The molecule has 0 aliphatic rings. The zero-order valence-electron chi connectivity index (χ0n) is 11.7. The molecule has 0 bridgehead atoms. The van der Waals surface area contributed by atoms with E-state index in [1.54, 1.807) is 4.68 Å². The molecule has 108 valence electrons. The summed E-state index contributed by atoms with van der Waals surface area (Å²) in [7, 11) is 1.87. The van der Waals surface area contributed by atoms with Crippen LogP contribution in [0, 0.1) is 13.8 Å². The summed E-state index contributed by atoms with van der Waals surface area (Å²) in [4.78, 5) is 0. The fraction of sp³-hybridized carbons (Fsp3) is 0.357. The van der Waals surface area contributed by atoms with Crippen LogP contribution in [-0.2, 0) is 13.5 Å². The highest BCUT2D eigenvalue weighted by Crippen LogP contribution is 2.29. The van der Waals surface area contributed by atoms with Gasteiger partial charge in [-0.3, -0.25) is 16.0 Å². The van der Waals surface area contributed by atoms with Crippen molar-refractivity contribution in [2.45, 2.75) is 26.3 Å². The van der Waals surface area contributed by atoms with Crippen LogP contribution in [0.2, 0.25) is 10.0 Å². The third kappa shape index (κ3) is 2.99. The third-order valence-electron chi connectivity index (χ3n) is 3.39. The molecule has 0 saturated heterocycles. The first-order valence-electron chi connectivity index (χ1n) is 6.34. The lowest BCUT2D eigenvalue weighted by Crippen LogP contribution is -2.30. The first-order chi connectivity index (χ1) is 9.43. The number of hydrogen-bond donors (Lipinski definition) is 2. The number of hydrogen-bond acceptors (Lipinski definition) is 3. The first kappa shape index (κ1) is 15.3. The molecule has 3 N–H and O–H groups in total. The molecule has 20 heavy (non-hydrogen) atoms. The number of hydrazine groups is 1. The minimum Gasteiger partial charge on any atom is -0.271 e. The zero-order valence-corrected chi connectivity index (χ0v) is 13.3. The van der Waals surface area contributed by atoms with Crippen LogP contribution in [0.1, 0.15) is 28.6 Å². The van der Waals surface area contributed by atoms with Crippen molar-refractivity contribution in [1.29, 1.82) is 0 Å². The number of nitrogens with one attached hydrogen (secondary N) is 1. The molecule has 2 rings (SSSR count). The molecule has 2 aromatic rings. The second kappa shape index (κ2) is 6.14. The molecule has 0 radical (unpaired) electrons. The quantitative estimate of drug-likeness (QED) is 0.674. The molecule has 1 unspecified atom stereocenters. The Morgan fingerprint density at radius 3 is 2.55 bits per heavy atom. The molecule has 1 heterocycles. The molecular formula is C14H18Cl2N4. The highest BCUT2D eigenvalue weighted by atomic mass is 35.5. The van der Waals surface area contributed by atoms with Crippen LogP contribution in [0.15, 0.2) is 18.2 Å². The summed E-state index contributed by atoms with van der Waals surface area (Å²) in [6.45, 7) is 3.89. The smallest absolute Gasteiger partial charge is 0.0847 e. The molecule has 6 heteroatoms. The Morgan fingerprint density at radius 1 is 1.35 bits per heavy atom. The van der Waals surface area contributed by atoms with Crippen LogP contribution in [0.4, 0.5) is 0 Å². The molecule has 0 aliphatic heterocycles. The van der Waals surface area contributed by atoms with Gasteiger partial charge in [-0.15, -0.1) is 0 Å². The maximum atomic E-state index is 6.30. The summed E-state index contributed by atoms with van der Waals surface area (Å²) in [5.74, 6) is 5.69. The maximum absolute atomic E-state index is 6.30. The number of halogens is 2. The van der Waals surface area contributed by atoms with E-state index in [4.69, 9.17) is 29.0 Å². The first-order valence-corrected chi connectivity index (χ1v) is 7.09. The van der Waals surface area contributed by atoms with Crippen LogP contribution < -0.4 is 11.3 Å². The number of aromatic nitrogens is 2. The number of nitrogens with two attached hydrogens (primary N) is 1. The molecule has 0 saturated carbocycles. The van der Waals surface area contributed by atoms with Crippen LogP contribution in [0.5, 0.6) is 0 Å². The Labute approximate surface area is 128 Å². The van der Waals surface area contributed by atoms with Gasteiger partial charge in [-0.1, -0.05) is 35.3 Å². The molecular weight excluding hydrogens is 295 g/mol. The highest BCUT2D eigenvalue weighted by Gasteiger charge is 2.19. The average Bonchev–Trinajstić information content (AvgIpc) is 2.62. The maximum Gasteiger partial charge on any atom is 0.0847 e. The van der Waals surface area contributed by atoms with Crippen molar-refractivity contribution in [1.82, 2.24) is 15.2 Å². The van der Waals surface area contributed by atoms with Crippen LogP contribution in [-0.4, -0.2) is 9.78 Å². The van der Waals surface area contributed by atoms with Gasteiger partial charge in [-0.05, 0) is 31.0 Å². The van der Waals surface area contributed by atoms with Crippen molar-refractivity contribution >= 4 is 23.2 Å². The van der Waals surface area contributed by atoms with Gasteiger partial charge >= 0.3 is 0 Å². The molecule has 0 amide bonds. The Morgan fingerprint density at radius 2 is 2.05 bits per heavy atom. The van der Waals surface area contributed by atoms with E-state index in [9.17, 15) is 0 Å². The number of aryl methyl sites for hydroxylation is 3. The van der Waals surface area contributed by atoms with Gasteiger partial charge in [0.15, 0.2) is 0 Å². The normalized spacial score (nSPS) is 12.7. The average molecular weight is 313 g/mol. The lowest BCUT2D eigenvalue weighted by Gasteiger charge is -2.18. The van der Waals surface area contributed by atoms with E-state index in [0.29, 0.717) is 16.5 Å². The third-order valence-corrected chi connectivity index (χ3v) is 4.21. The summed E-state index contributed by atoms with van der Waals surface area (Å²) in [6.07, 6.45) is 0.620. The largest absolute Gasteiger partial charge is 0.271 e. The molecule has 1 aromatic carbocycles. The van der Waals surface area contributed by atoms with E-state index in [0.717, 1.165) is 22.5 Å². The lowest BCUT2D eigenvalue weighted by atomic mass is 10.0. The van der Waals surface area contributed by atoms with Gasteiger partial charge in [0.1, 0.15) is 0 Å². The standard InChI is InChI=1S/C14H18Cl2N4/c1-8-4-5-10(11(15)6-8)12(18-17)7-13-14(16)9(2)19-20(13)3/h4-6,12,18H,7,17H2,1-3H3. The van der Waals surface area contributed by atoms with E-state index in [2.05, 4.69) is 10.5 Å². The highest BCUT2D eigenvalue weighted by molar-refractivity contribution is 6.32. The van der Waals surface area contributed by atoms with Crippen LogP contribution in [0.3, 0.4) is 0 Å². The molecule has 4 nitrogen and oxygen atoms in total. The Bertz CT molecular complexity index is 622. The van der Waals surface area contributed by atoms with Crippen molar-refractivity contribution in [3.05, 3.63) is 50.8 Å². The fourth-order valence-electron chi connectivity index (χ4n) is 2.27. The van der Waals surface area contributed by atoms with E-state index in [-0.39, 0.29) is 6.04 Å². The van der Waals surface area contributed by atoms with Gasteiger partial charge < -0.3 is 0 Å². The van der Waals surface area contributed by atoms with Crippen molar-refractivity contribution in [3.8, 4) is 0 Å². The van der Waals surface area contributed by atoms with Crippen LogP contribution >= 0.6 is 23.2 Å². The number of nitrogens with zero attached hydrogens (tertiary/aromatic N) is 2. The van der Waals surface area contributed by atoms with Gasteiger partial charge in [0.05, 0.1) is 22.5 Å². The Kier molecular flexibility index (Phi) is 4.70. The van der Waals surface area contributed by atoms with Gasteiger partial charge in [0.25, 0.3) is 0 Å². The van der Waals surface area contributed by atoms with Gasteiger partial charge in [-0.25, -0.2) is 0 Å². The fourth-order valence-corrected chi connectivity index (χ4v) is 2.87. The second-order valence-corrected chi connectivity index (χ2v) is 5.70. The topological polar surface area (TPSA) is 55.9 Å².